The summed E-state index contributed by atoms with van der Waals surface area (Å²) >= 11 is 0. The number of ether oxygens (including phenoxy) is 1. The molecule has 1 aliphatic rings. The van der Waals surface area contributed by atoms with Crippen molar-refractivity contribution in [2.45, 2.75) is 32.9 Å². The van der Waals surface area contributed by atoms with E-state index < -0.39 is 6.09 Å². The van der Waals surface area contributed by atoms with E-state index >= 15 is 0 Å². The number of carboxylic acid groups (broad SMARTS) is 1. The van der Waals surface area contributed by atoms with Crippen LogP contribution in [0.2, 0.25) is 0 Å². The number of amides is 1. The third-order valence-corrected chi connectivity index (χ3v) is 2.58. The molecule has 1 aliphatic heterocycles. The zero-order chi connectivity index (χ0) is 11.6. The Labute approximate surface area is 90.2 Å². The minimum absolute atomic E-state index is 0.0721. The lowest BCUT2D eigenvalue weighted by molar-refractivity contribution is -0.117. The zero-order valence-electron chi connectivity index (χ0n) is 9.36. The molecule has 1 amide bonds. The van der Waals surface area contributed by atoms with E-state index in [9.17, 15) is 4.79 Å². The van der Waals surface area contributed by atoms with Crippen molar-refractivity contribution < 1.29 is 14.6 Å². The SMILES string of the molecule is C#CCOC1CN(C(=O)O)C1C(C)(C)C. The van der Waals surface area contributed by atoms with Crippen molar-refractivity contribution in [3.05, 3.63) is 0 Å². The molecule has 0 radical (unpaired) electrons. The second kappa shape index (κ2) is 4.11. The molecule has 1 heterocycles. The van der Waals surface area contributed by atoms with Gasteiger partial charge in [-0.2, -0.15) is 0 Å². The minimum Gasteiger partial charge on any atom is -0.465 e. The van der Waals surface area contributed by atoms with Crippen LogP contribution < -0.4 is 0 Å². The van der Waals surface area contributed by atoms with E-state index in [4.69, 9.17) is 16.3 Å². The largest absolute Gasteiger partial charge is 0.465 e. The Hall–Kier alpha value is -1.21. The number of nitrogens with zero attached hydrogens (tertiary/aromatic N) is 1. The standard InChI is InChI=1S/C11H17NO3/c1-5-6-15-8-7-12(10(13)14)9(8)11(2,3)4/h1,8-9H,6-7H2,2-4H3,(H,13,14). The van der Waals surface area contributed by atoms with Crippen molar-refractivity contribution in [2.75, 3.05) is 13.2 Å². The first-order chi connectivity index (χ1) is 6.88. The maximum Gasteiger partial charge on any atom is 0.407 e. The molecule has 15 heavy (non-hydrogen) atoms. The summed E-state index contributed by atoms with van der Waals surface area (Å²) in [6, 6.07) is -0.108. The summed E-state index contributed by atoms with van der Waals surface area (Å²) in [5.41, 5.74) is -0.129. The third kappa shape index (κ3) is 2.42. The van der Waals surface area contributed by atoms with Crippen LogP contribution in [0.25, 0.3) is 0 Å². The van der Waals surface area contributed by atoms with Crippen LogP contribution in [0.4, 0.5) is 4.79 Å². The van der Waals surface area contributed by atoms with Gasteiger partial charge in [0, 0.05) is 0 Å². The summed E-state index contributed by atoms with van der Waals surface area (Å²) in [5, 5.41) is 8.94. The van der Waals surface area contributed by atoms with Crippen LogP contribution in [0.15, 0.2) is 0 Å². The molecule has 1 rings (SSSR count). The smallest absolute Gasteiger partial charge is 0.407 e. The van der Waals surface area contributed by atoms with Crippen molar-refractivity contribution in [2.24, 2.45) is 5.41 Å². The Morgan fingerprint density at radius 1 is 1.67 bits per heavy atom. The Balaban J connectivity index is 2.65. The van der Waals surface area contributed by atoms with Gasteiger partial charge in [-0.1, -0.05) is 26.7 Å². The predicted octanol–water partition coefficient (Wildman–Crippen LogP) is 1.41. The zero-order valence-corrected chi connectivity index (χ0v) is 9.36. The van der Waals surface area contributed by atoms with E-state index in [1.807, 2.05) is 20.8 Å². The van der Waals surface area contributed by atoms with Gasteiger partial charge < -0.3 is 9.84 Å². The van der Waals surface area contributed by atoms with E-state index in [0.717, 1.165) is 0 Å². The van der Waals surface area contributed by atoms with Gasteiger partial charge in [0.1, 0.15) is 6.61 Å². The van der Waals surface area contributed by atoms with E-state index in [0.29, 0.717) is 6.54 Å². The highest BCUT2D eigenvalue weighted by Crippen LogP contribution is 2.35. The van der Waals surface area contributed by atoms with Crippen molar-refractivity contribution in [3.8, 4) is 12.3 Å². The molecule has 2 atom stereocenters. The van der Waals surface area contributed by atoms with Crippen molar-refractivity contribution in [1.82, 2.24) is 4.90 Å². The number of rotatable bonds is 2. The van der Waals surface area contributed by atoms with Gasteiger partial charge in [-0.15, -0.1) is 6.42 Å². The van der Waals surface area contributed by atoms with E-state index in [1.165, 1.54) is 4.90 Å². The molecule has 0 aromatic rings. The molecule has 1 saturated heterocycles. The highest BCUT2D eigenvalue weighted by molar-refractivity contribution is 5.67. The number of terminal acetylenes is 1. The summed E-state index contributed by atoms with van der Waals surface area (Å²) < 4.78 is 5.41. The van der Waals surface area contributed by atoms with E-state index in [-0.39, 0.29) is 24.2 Å². The summed E-state index contributed by atoms with van der Waals surface area (Å²) in [4.78, 5) is 12.3. The summed E-state index contributed by atoms with van der Waals surface area (Å²) in [7, 11) is 0. The maximum atomic E-state index is 10.9. The first kappa shape index (κ1) is 11.9. The highest BCUT2D eigenvalue weighted by atomic mass is 16.5. The van der Waals surface area contributed by atoms with Crippen LogP contribution in [0, 0.1) is 17.8 Å². The Morgan fingerprint density at radius 2 is 2.27 bits per heavy atom. The molecule has 0 aromatic carbocycles. The molecule has 1 fully saturated rings. The predicted molar refractivity (Wildman–Crippen MR) is 56.5 cm³/mol. The molecule has 0 saturated carbocycles. The van der Waals surface area contributed by atoms with Crippen molar-refractivity contribution in [1.29, 1.82) is 0 Å². The fourth-order valence-electron chi connectivity index (χ4n) is 1.99. The molecule has 0 bridgehead atoms. The lowest BCUT2D eigenvalue weighted by atomic mass is 9.77. The average molecular weight is 211 g/mol. The maximum absolute atomic E-state index is 10.9. The first-order valence-electron chi connectivity index (χ1n) is 4.92. The van der Waals surface area contributed by atoms with E-state index in [2.05, 4.69) is 5.92 Å². The topological polar surface area (TPSA) is 49.8 Å². The van der Waals surface area contributed by atoms with Crippen molar-refractivity contribution >= 4 is 6.09 Å². The lowest BCUT2D eigenvalue weighted by Gasteiger charge is -2.52. The fourth-order valence-corrected chi connectivity index (χ4v) is 1.99. The van der Waals surface area contributed by atoms with Crippen LogP contribution in [0.5, 0.6) is 0 Å². The molecule has 0 aromatic heterocycles. The lowest BCUT2D eigenvalue weighted by Crippen LogP contribution is -2.67. The van der Waals surface area contributed by atoms with Crippen molar-refractivity contribution in [3.63, 3.8) is 0 Å². The quantitative estimate of drug-likeness (QED) is 0.703. The van der Waals surface area contributed by atoms with Crippen LogP contribution >= 0.6 is 0 Å². The molecular weight excluding hydrogens is 194 g/mol. The second-order valence-corrected chi connectivity index (χ2v) is 4.80. The Morgan fingerprint density at radius 3 is 2.67 bits per heavy atom. The number of hydrogen-bond acceptors (Lipinski definition) is 2. The molecule has 0 aliphatic carbocycles. The van der Waals surface area contributed by atoms with Gasteiger partial charge in [0.05, 0.1) is 18.7 Å². The summed E-state index contributed by atoms with van der Waals surface area (Å²) in [5.74, 6) is 2.39. The number of likely N-dealkylation sites (tertiary alicyclic amines) is 1. The van der Waals surface area contributed by atoms with Crippen LogP contribution in [0.3, 0.4) is 0 Å². The normalized spacial score (nSPS) is 25.6. The molecule has 2 unspecified atom stereocenters. The van der Waals surface area contributed by atoms with Gasteiger partial charge >= 0.3 is 6.09 Å². The molecule has 4 nitrogen and oxygen atoms in total. The number of carbonyl (C=O) groups is 1. The number of hydrogen-bond donors (Lipinski definition) is 1. The second-order valence-electron chi connectivity index (χ2n) is 4.80. The minimum atomic E-state index is -0.893. The van der Waals surface area contributed by atoms with Gasteiger partial charge in [0.25, 0.3) is 0 Å². The third-order valence-electron chi connectivity index (χ3n) is 2.58. The van der Waals surface area contributed by atoms with Crippen LogP contribution in [0.1, 0.15) is 20.8 Å². The molecule has 84 valence electrons. The Kier molecular flexibility index (Phi) is 3.25. The molecule has 4 heteroatoms. The summed E-state index contributed by atoms with van der Waals surface area (Å²) in [6.07, 6.45) is 4.13. The summed E-state index contributed by atoms with van der Waals surface area (Å²) in [6.45, 7) is 6.65. The van der Waals surface area contributed by atoms with Gasteiger partial charge in [0.15, 0.2) is 0 Å². The first-order valence-corrected chi connectivity index (χ1v) is 4.92. The molecule has 0 spiro atoms. The van der Waals surface area contributed by atoms with Gasteiger partial charge in [-0.25, -0.2) is 4.79 Å². The van der Waals surface area contributed by atoms with Gasteiger partial charge in [0.2, 0.25) is 0 Å². The van der Waals surface area contributed by atoms with Gasteiger partial charge in [-0.3, -0.25) is 4.90 Å². The average Bonchev–Trinajstić information content (AvgIpc) is 1.98. The fraction of sp³-hybridized carbons (Fsp3) is 0.727. The molecular formula is C11H17NO3. The highest BCUT2D eigenvalue weighted by Gasteiger charge is 2.49. The Bertz CT molecular complexity index is 287. The van der Waals surface area contributed by atoms with Gasteiger partial charge in [-0.05, 0) is 5.41 Å². The van der Waals surface area contributed by atoms with Crippen LogP contribution in [-0.2, 0) is 4.74 Å². The van der Waals surface area contributed by atoms with E-state index in [1.54, 1.807) is 0 Å². The monoisotopic (exact) mass is 211 g/mol. The molecule has 1 N–H and O–H groups in total. The van der Waals surface area contributed by atoms with Crippen LogP contribution in [-0.4, -0.2) is 41.4 Å².